The molecule has 1 heterocycles. The number of benzene rings is 1. The van der Waals surface area contributed by atoms with Crippen molar-refractivity contribution in [1.29, 1.82) is 0 Å². The van der Waals surface area contributed by atoms with Crippen LogP contribution in [0.25, 0.3) is 0 Å². The van der Waals surface area contributed by atoms with Gasteiger partial charge in [0, 0.05) is 6.54 Å². The molecule has 2 aromatic rings. The van der Waals surface area contributed by atoms with E-state index in [4.69, 9.17) is 0 Å². The molecule has 126 valence electrons. The van der Waals surface area contributed by atoms with Crippen molar-refractivity contribution in [1.82, 2.24) is 10.6 Å². The van der Waals surface area contributed by atoms with Crippen LogP contribution in [0.15, 0.2) is 41.8 Å². The zero-order chi connectivity index (χ0) is 17.5. The molecule has 0 aliphatic carbocycles. The van der Waals surface area contributed by atoms with Crippen LogP contribution in [-0.2, 0) is 16.1 Å². The van der Waals surface area contributed by atoms with Gasteiger partial charge in [0.1, 0.15) is 6.04 Å². The van der Waals surface area contributed by atoms with Crippen LogP contribution < -0.4 is 10.6 Å². The summed E-state index contributed by atoms with van der Waals surface area (Å²) in [5.41, 5.74) is 1.29. The number of rotatable bonds is 6. The van der Waals surface area contributed by atoms with E-state index in [-0.39, 0.29) is 11.8 Å². The van der Waals surface area contributed by atoms with Gasteiger partial charge in [-0.1, -0.05) is 18.2 Å². The second-order valence-corrected chi connectivity index (χ2v) is 6.03. The van der Waals surface area contributed by atoms with E-state index in [1.807, 2.05) is 0 Å². The first-order valence-corrected chi connectivity index (χ1v) is 8.18. The third-order valence-electron chi connectivity index (χ3n) is 3.33. The number of thiophene rings is 1. The molecule has 0 aliphatic rings. The maximum atomic E-state index is 12.0. The minimum Gasteiger partial charge on any atom is -0.465 e. The minimum absolute atomic E-state index is 0.268. The van der Waals surface area contributed by atoms with Gasteiger partial charge in [-0.3, -0.25) is 9.59 Å². The molecule has 1 atom stereocenters. The average Bonchev–Trinajstić information content (AvgIpc) is 3.14. The predicted molar refractivity (Wildman–Crippen MR) is 90.9 cm³/mol. The summed E-state index contributed by atoms with van der Waals surface area (Å²) in [4.78, 5) is 35.9. The quantitative estimate of drug-likeness (QED) is 0.783. The molecule has 0 radical (unpaired) electrons. The molecule has 0 spiro atoms. The molecule has 0 fully saturated rings. The summed E-state index contributed by atoms with van der Waals surface area (Å²) in [5, 5.41) is 7.20. The molecular formula is C17H18N2O4S. The van der Waals surface area contributed by atoms with Gasteiger partial charge in [0.2, 0.25) is 5.91 Å². The lowest BCUT2D eigenvalue weighted by Crippen LogP contribution is -2.44. The van der Waals surface area contributed by atoms with Crippen molar-refractivity contribution in [2.75, 3.05) is 7.11 Å². The third-order valence-corrected chi connectivity index (χ3v) is 4.20. The highest BCUT2D eigenvalue weighted by molar-refractivity contribution is 7.12. The molecular weight excluding hydrogens is 328 g/mol. The largest absolute Gasteiger partial charge is 0.465 e. The normalized spacial score (nSPS) is 11.4. The molecule has 0 aliphatic heterocycles. The van der Waals surface area contributed by atoms with Crippen LogP contribution in [-0.4, -0.2) is 30.9 Å². The van der Waals surface area contributed by atoms with Crippen molar-refractivity contribution in [3.63, 3.8) is 0 Å². The monoisotopic (exact) mass is 346 g/mol. The fourth-order valence-electron chi connectivity index (χ4n) is 1.96. The molecule has 2 rings (SSSR count). The van der Waals surface area contributed by atoms with Crippen molar-refractivity contribution in [3.8, 4) is 0 Å². The van der Waals surface area contributed by atoms with Gasteiger partial charge in [-0.05, 0) is 36.1 Å². The number of hydrogen-bond donors (Lipinski definition) is 2. The van der Waals surface area contributed by atoms with Crippen LogP contribution in [0.3, 0.4) is 0 Å². The van der Waals surface area contributed by atoms with Gasteiger partial charge in [0.05, 0.1) is 17.6 Å². The summed E-state index contributed by atoms with van der Waals surface area (Å²) >= 11 is 1.32. The number of methoxy groups -OCH3 is 1. The van der Waals surface area contributed by atoms with Crippen LogP contribution in [0.4, 0.5) is 0 Å². The average molecular weight is 346 g/mol. The highest BCUT2D eigenvalue weighted by Gasteiger charge is 2.16. The van der Waals surface area contributed by atoms with E-state index in [1.54, 1.807) is 48.7 Å². The Hall–Kier alpha value is -2.67. The molecule has 0 bridgehead atoms. The number of esters is 1. The molecule has 24 heavy (non-hydrogen) atoms. The first kappa shape index (κ1) is 17.7. The highest BCUT2D eigenvalue weighted by atomic mass is 32.1. The zero-order valence-electron chi connectivity index (χ0n) is 13.4. The Morgan fingerprint density at radius 3 is 2.46 bits per heavy atom. The number of carbonyl (C=O) groups excluding carboxylic acids is 3. The van der Waals surface area contributed by atoms with E-state index in [0.29, 0.717) is 17.0 Å². The lowest BCUT2D eigenvalue weighted by atomic mass is 10.1. The summed E-state index contributed by atoms with van der Waals surface area (Å²) in [5.74, 6) is -0.956. The van der Waals surface area contributed by atoms with Crippen LogP contribution in [0.5, 0.6) is 0 Å². The van der Waals surface area contributed by atoms with Gasteiger partial charge in [-0.2, -0.15) is 0 Å². The molecule has 2 N–H and O–H groups in total. The molecule has 0 saturated heterocycles. The molecule has 0 saturated carbocycles. The van der Waals surface area contributed by atoms with Crippen LogP contribution in [0.1, 0.15) is 32.5 Å². The number of ether oxygens (including phenoxy) is 1. The lowest BCUT2D eigenvalue weighted by Gasteiger charge is -2.13. The van der Waals surface area contributed by atoms with Gasteiger partial charge in [0.25, 0.3) is 5.91 Å². The van der Waals surface area contributed by atoms with Gasteiger partial charge in [0.15, 0.2) is 0 Å². The number of hydrogen-bond acceptors (Lipinski definition) is 5. The molecule has 7 heteroatoms. The van der Waals surface area contributed by atoms with Crippen LogP contribution in [0.2, 0.25) is 0 Å². The first-order valence-electron chi connectivity index (χ1n) is 7.30. The van der Waals surface area contributed by atoms with Crippen LogP contribution in [0, 0.1) is 0 Å². The number of amides is 2. The zero-order valence-corrected chi connectivity index (χ0v) is 14.2. The Morgan fingerprint density at radius 2 is 1.88 bits per heavy atom. The second-order valence-electron chi connectivity index (χ2n) is 5.08. The Bertz CT molecular complexity index is 711. The van der Waals surface area contributed by atoms with E-state index < -0.39 is 12.0 Å². The fraction of sp³-hybridized carbons (Fsp3) is 0.235. The Labute approximate surface area is 143 Å². The standard InChI is InChI=1S/C17H18N2O4S/c1-11(19-16(21)14-4-3-9-24-14)15(20)18-10-12-5-7-13(8-6-12)17(22)23-2/h3-9,11H,10H2,1-2H3,(H,18,20)(H,19,21). The SMILES string of the molecule is COC(=O)c1ccc(CNC(=O)C(C)NC(=O)c2cccs2)cc1. The predicted octanol–water partition coefficient (Wildman–Crippen LogP) is 1.97. The molecule has 1 aromatic carbocycles. The van der Waals surface area contributed by atoms with E-state index >= 15 is 0 Å². The number of nitrogens with one attached hydrogen (secondary N) is 2. The van der Waals surface area contributed by atoms with Gasteiger partial charge < -0.3 is 15.4 Å². The van der Waals surface area contributed by atoms with Crippen molar-refractivity contribution in [3.05, 3.63) is 57.8 Å². The molecule has 1 unspecified atom stereocenters. The van der Waals surface area contributed by atoms with Gasteiger partial charge in [-0.25, -0.2) is 4.79 Å². The third kappa shape index (κ3) is 4.66. The van der Waals surface area contributed by atoms with E-state index in [2.05, 4.69) is 15.4 Å². The summed E-state index contributed by atoms with van der Waals surface area (Å²) in [6, 6.07) is 9.58. The Morgan fingerprint density at radius 1 is 1.17 bits per heavy atom. The Balaban J connectivity index is 1.83. The summed E-state index contributed by atoms with van der Waals surface area (Å²) in [7, 11) is 1.32. The first-order chi connectivity index (χ1) is 11.5. The summed E-state index contributed by atoms with van der Waals surface area (Å²) < 4.78 is 4.63. The van der Waals surface area contributed by atoms with Crippen molar-refractivity contribution in [2.45, 2.75) is 19.5 Å². The second kappa shape index (κ2) is 8.26. The van der Waals surface area contributed by atoms with E-state index in [1.165, 1.54) is 18.4 Å². The molecule has 6 nitrogen and oxygen atoms in total. The van der Waals surface area contributed by atoms with Crippen molar-refractivity contribution >= 4 is 29.1 Å². The van der Waals surface area contributed by atoms with Gasteiger partial charge >= 0.3 is 5.97 Å². The molecule has 1 aromatic heterocycles. The van der Waals surface area contributed by atoms with Crippen LogP contribution >= 0.6 is 11.3 Å². The van der Waals surface area contributed by atoms with Crippen molar-refractivity contribution in [2.24, 2.45) is 0 Å². The highest BCUT2D eigenvalue weighted by Crippen LogP contribution is 2.08. The maximum Gasteiger partial charge on any atom is 0.337 e. The minimum atomic E-state index is -0.644. The maximum absolute atomic E-state index is 12.0. The fourth-order valence-corrected chi connectivity index (χ4v) is 2.59. The Kier molecular flexibility index (Phi) is 6.08. The van der Waals surface area contributed by atoms with Gasteiger partial charge in [-0.15, -0.1) is 11.3 Å². The lowest BCUT2D eigenvalue weighted by molar-refractivity contribution is -0.122. The van der Waals surface area contributed by atoms with E-state index in [9.17, 15) is 14.4 Å². The van der Waals surface area contributed by atoms with E-state index in [0.717, 1.165) is 5.56 Å². The smallest absolute Gasteiger partial charge is 0.337 e. The number of carbonyl (C=O) groups is 3. The summed E-state index contributed by atoms with van der Waals surface area (Å²) in [6.45, 7) is 1.93. The summed E-state index contributed by atoms with van der Waals surface area (Å²) in [6.07, 6.45) is 0. The molecule has 2 amide bonds. The van der Waals surface area contributed by atoms with Crippen molar-refractivity contribution < 1.29 is 19.1 Å². The topological polar surface area (TPSA) is 84.5 Å².